The Labute approximate surface area is 190 Å². The van der Waals surface area contributed by atoms with E-state index in [1.165, 1.54) is 6.07 Å². The molecule has 1 saturated heterocycles. The first-order chi connectivity index (χ1) is 15.5. The lowest BCUT2D eigenvalue weighted by Crippen LogP contribution is -2.48. The van der Waals surface area contributed by atoms with Crippen molar-refractivity contribution in [1.29, 1.82) is 0 Å². The Balaban J connectivity index is 1.37. The van der Waals surface area contributed by atoms with Gasteiger partial charge in [0.25, 0.3) is 11.6 Å². The van der Waals surface area contributed by atoms with E-state index in [1.54, 1.807) is 42.4 Å². The molecular formula is C23H24N4O4S. The number of aromatic nitrogens is 1. The van der Waals surface area contributed by atoms with Crippen molar-refractivity contribution < 1.29 is 14.5 Å². The van der Waals surface area contributed by atoms with Gasteiger partial charge in [-0.2, -0.15) is 0 Å². The van der Waals surface area contributed by atoms with Crippen LogP contribution in [-0.2, 0) is 6.54 Å². The van der Waals surface area contributed by atoms with Crippen LogP contribution in [-0.4, -0.2) is 58.9 Å². The molecule has 1 aliphatic rings. The molecule has 0 spiro atoms. The number of nitro benzene ring substituents is 1. The number of ether oxygens (including phenoxy) is 1. The number of piperazine rings is 1. The first-order valence-corrected chi connectivity index (χ1v) is 11.2. The van der Waals surface area contributed by atoms with Crippen LogP contribution in [0.15, 0.2) is 47.8 Å². The number of nitro groups is 1. The Kier molecular flexibility index (Phi) is 6.48. The van der Waals surface area contributed by atoms with Gasteiger partial charge in [-0.25, -0.2) is 4.98 Å². The van der Waals surface area contributed by atoms with Crippen LogP contribution < -0.4 is 4.74 Å². The lowest BCUT2D eigenvalue weighted by Gasteiger charge is -2.34. The van der Waals surface area contributed by atoms with Crippen LogP contribution in [0.5, 0.6) is 5.75 Å². The average molecular weight is 453 g/mol. The molecule has 8 nitrogen and oxygen atoms in total. The number of methoxy groups -OCH3 is 1. The number of hydrogen-bond acceptors (Lipinski definition) is 7. The summed E-state index contributed by atoms with van der Waals surface area (Å²) in [5, 5.41) is 14.5. The molecular weight excluding hydrogens is 428 g/mol. The molecule has 0 atom stereocenters. The highest BCUT2D eigenvalue weighted by Gasteiger charge is 2.28. The van der Waals surface area contributed by atoms with Crippen LogP contribution in [0, 0.1) is 17.0 Å². The number of aryl methyl sites for hydroxylation is 1. The number of para-hydroxylation sites is 1. The van der Waals surface area contributed by atoms with E-state index in [0.717, 1.165) is 22.0 Å². The van der Waals surface area contributed by atoms with E-state index in [0.29, 0.717) is 38.3 Å². The molecule has 1 amide bonds. The quantitative estimate of drug-likeness (QED) is 0.415. The third-order valence-corrected chi connectivity index (χ3v) is 6.52. The smallest absolute Gasteiger partial charge is 0.285 e. The molecule has 32 heavy (non-hydrogen) atoms. The number of thiazole rings is 1. The van der Waals surface area contributed by atoms with Crippen LogP contribution in [0.1, 0.15) is 21.6 Å². The van der Waals surface area contributed by atoms with E-state index in [9.17, 15) is 14.9 Å². The number of nitrogens with zero attached hydrogens (tertiary/aromatic N) is 4. The molecule has 0 radical (unpaired) electrons. The molecule has 0 unspecified atom stereocenters. The van der Waals surface area contributed by atoms with Crippen LogP contribution in [0.3, 0.4) is 0 Å². The van der Waals surface area contributed by atoms with Gasteiger partial charge in [-0.3, -0.25) is 19.8 Å². The lowest BCUT2D eigenvalue weighted by molar-refractivity contribution is -0.385. The summed E-state index contributed by atoms with van der Waals surface area (Å²) in [5.41, 5.74) is 2.60. The summed E-state index contributed by atoms with van der Waals surface area (Å²) in [4.78, 5) is 32.6. The van der Waals surface area contributed by atoms with Crippen molar-refractivity contribution in [2.24, 2.45) is 0 Å². The van der Waals surface area contributed by atoms with Crippen molar-refractivity contribution in [1.82, 2.24) is 14.8 Å². The maximum absolute atomic E-state index is 12.9. The summed E-state index contributed by atoms with van der Waals surface area (Å²) in [5.74, 6) is 0.532. The molecule has 166 valence electrons. The second kappa shape index (κ2) is 9.46. The SMILES string of the molecule is COc1ccc(-c2nc(CN3CCN(C(=O)c4cccc(C)c4[N+](=O)[O-])CC3)cs2)cc1. The molecule has 1 fully saturated rings. The standard InChI is InChI=1S/C23H24N4O4S/c1-16-4-3-5-20(21(16)27(29)30)23(28)26-12-10-25(11-13-26)14-18-15-32-22(24-18)17-6-8-19(31-2)9-7-17/h3-9,15H,10-14H2,1-2H3. The minimum Gasteiger partial charge on any atom is -0.497 e. The van der Waals surface area contributed by atoms with Gasteiger partial charge < -0.3 is 9.64 Å². The predicted molar refractivity (Wildman–Crippen MR) is 123 cm³/mol. The normalized spacial score (nSPS) is 14.4. The van der Waals surface area contributed by atoms with E-state index in [-0.39, 0.29) is 17.2 Å². The fraction of sp³-hybridized carbons (Fsp3) is 0.304. The maximum Gasteiger partial charge on any atom is 0.285 e. The Bertz CT molecular complexity index is 1120. The van der Waals surface area contributed by atoms with E-state index in [4.69, 9.17) is 9.72 Å². The van der Waals surface area contributed by atoms with Gasteiger partial charge in [0.2, 0.25) is 0 Å². The van der Waals surface area contributed by atoms with Crippen LogP contribution in [0.25, 0.3) is 10.6 Å². The van der Waals surface area contributed by atoms with Gasteiger partial charge in [-0.15, -0.1) is 11.3 Å². The van der Waals surface area contributed by atoms with Gasteiger partial charge in [0.1, 0.15) is 16.3 Å². The molecule has 1 aliphatic heterocycles. The highest BCUT2D eigenvalue weighted by Crippen LogP contribution is 2.27. The molecule has 0 saturated carbocycles. The number of hydrogen-bond donors (Lipinski definition) is 0. The van der Waals surface area contributed by atoms with Crippen molar-refractivity contribution in [2.75, 3.05) is 33.3 Å². The van der Waals surface area contributed by atoms with Crippen LogP contribution in [0.4, 0.5) is 5.69 Å². The Morgan fingerprint density at radius 1 is 1.16 bits per heavy atom. The molecule has 2 aromatic carbocycles. The lowest BCUT2D eigenvalue weighted by atomic mass is 10.1. The molecule has 3 aromatic rings. The summed E-state index contributed by atoms with van der Waals surface area (Å²) in [6.07, 6.45) is 0. The van der Waals surface area contributed by atoms with Crippen molar-refractivity contribution in [3.05, 3.63) is 74.8 Å². The molecule has 0 aliphatic carbocycles. The molecule has 0 bridgehead atoms. The molecule has 9 heteroatoms. The van der Waals surface area contributed by atoms with Gasteiger partial charge in [-0.05, 0) is 37.3 Å². The topological polar surface area (TPSA) is 88.8 Å². The second-order valence-electron chi connectivity index (χ2n) is 7.67. The third kappa shape index (κ3) is 4.63. The summed E-state index contributed by atoms with van der Waals surface area (Å²) in [7, 11) is 1.64. The number of rotatable bonds is 6. The molecule has 2 heterocycles. The number of carbonyl (C=O) groups excluding carboxylic acids is 1. The monoisotopic (exact) mass is 452 g/mol. The van der Waals surface area contributed by atoms with Gasteiger partial charge in [-0.1, -0.05) is 12.1 Å². The number of amides is 1. The summed E-state index contributed by atoms with van der Waals surface area (Å²) >= 11 is 1.61. The van der Waals surface area contributed by atoms with Gasteiger partial charge >= 0.3 is 0 Å². The average Bonchev–Trinajstić information content (AvgIpc) is 3.27. The fourth-order valence-corrected chi connectivity index (χ4v) is 4.65. The maximum atomic E-state index is 12.9. The first kappa shape index (κ1) is 21.9. The summed E-state index contributed by atoms with van der Waals surface area (Å²) < 4.78 is 5.20. The second-order valence-corrected chi connectivity index (χ2v) is 8.53. The van der Waals surface area contributed by atoms with E-state index >= 15 is 0 Å². The molecule has 4 rings (SSSR count). The van der Waals surface area contributed by atoms with Gasteiger partial charge in [0.05, 0.1) is 17.7 Å². The zero-order chi connectivity index (χ0) is 22.7. The molecule has 1 aromatic heterocycles. The number of carbonyl (C=O) groups is 1. The van der Waals surface area contributed by atoms with Crippen LogP contribution in [0.2, 0.25) is 0 Å². The first-order valence-electron chi connectivity index (χ1n) is 10.3. The minimum atomic E-state index is -0.471. The van der Waals surface area contributed by atoms with Crippen molar-refractivity contribution in [3.63, 3.8) is 0 Å². The van der Waals surface area contributed by atoms with Gasteiger partial charge in [0, 0.05) is 49.2 Å². The summed E-state index contributed by atoms with van der Waals surface area (Å²) in [6, 6.07) is 12.7. The van der Waals surface area contributed by atoms with Crippen LogP contribution >= 0.6 is 11.3 Å². The largest absolute Gasteiger partial charge is 0.497 e. The Hall–Kier alpha value is -3.30. The van der Waals surface area contributed by atoms with Crippen molar-refractivity contribution in [2.45, 2.75) is 13.5 Å². The molecule has 0 N–H and O–H groups in total. The predicted octanol–water partition coefficient (Wildman–Crippen LogP) is 3.99. The van der Waals surface area contributed by atoms with E-state index in [1.807, 2.05) is 24.3 Å². The Morgan fingerprint density at radius 3 is 2.53 bits per heavy atom. The Morgan fingerprint density at radius 2 is 1.88 bits per heavy atom. The highest BCUT2D eigenvalue weighted by molar-refractivity contribution is 7.13. The zero-order valence-electron chi connectivity index (χ0n) is 18.0. The van der Waals surface area contributed by atoms with Gasteiger partial charge in [0.15, 0.2) is 0 Å². The fourth-order valence-electron chi connectivity index (χ4n) is 3.83. The third-order valence-electron chi connectivity index (χ3n) is 5.58. The summed E-state index contributed by atoms with van der Waals surface area (Å²) in [6.45, 7) is 4.81. The number of benzene rings is 2. The van der Waals surface area contributed by atoms with E-state index in [2.05, 4.69) is 10.3 Å². The van der Waals surface area contributed by atoms with Crippen molar-refractivity contribution >= 4 is 22.9 Å². The highest BCUT2D eigenvalue weighted by atomic mass is 32.1. The van der Waals surface area contributed by atoms with Crippen molar-refractivity contribution in [3.8, 4) is 16.3 Å². The van der Waals surface area contributed by atoms with E-state index < -0.39 is 4.92 Å². The minimum absolute atomic E-state index is 0.103. The zero-order valence-corrected chi connectivity index (χ0v) is 18.8.